The quantitative estimate of drug-likeness (QED) is 0.525. The van der Waals surface area contributed by atoms with E-state index in [0.717, 1.165) is 16.7 Å². The maximum absolute atomic E-state index is 12.8. The third-order valence-electron chi connectivity index (χ3n) is 4.79. The number of carbonyl (C=O) groups excluding carboxylic acids is 1. The van der Waals surface area contributed by atoms with E-state index in [1.807, 2.05) is 90.5 Å². The van der Waals surface area contributed by atoms with Crippen LogP contribution in [0.1, 0.15) is 39.7 Å². The SMILES string of the molecule is Cc1ccc(C(=O)c2cccn2C/C=C/c2cccc(CO[C@@H](C)C(=O)O)c2)cc1. The fourth-order valence-electron chi connectivity index (χ4n) is 3.01. The molecule has 0 amide bonds. The molecule has 5 heteroatoms. The zero-order chi connectivity index (χ0) is 21.5. The number of nitrogens with zero attached hydrogens (tertiary/aromatic N) is 1. The summed E-state index contributed by atoms with van der Waals surface area (Å²) < 4.78 is 7.25. The summed E-state index contributed by atoms with van der Waals surface area (Å²) in [4.78, 5) is 23.7. The molecule has 0 unspecified atom stereocenters. The second-order valence-electron chi connectivity index (χ2n) is 7.18. The number of ketones is 1. The highest BCUT2D eigenvalue weighted by Crippen LogP contribution is 2.14. The number of aryl methyl sites for hydroxylation is 1. The Morgan fingerprint density at radius 1 is 1.10 bits per heavy atom. The monoisotopic (exact) mass is 403 g/mol. The molecule has 0 aliphatic heterocycles. The molecule has 3 rings (SSSR count). The lowest BCUT2D eigenvalue weighted by molar-refractivity contribution is -0.149. The highest BCUT2D eigenvalue weighted by Gasteiger charge is 2.13. The van der Waals surface area contributed by atoms with E-state index in [9.17, 15) is 9.59 Å². The molecule has 0 radical (unpaired) electrons. The summed E-state index contributed by atoms with van der Waals surface area (Å²) in [5, 5.41) is 8.91. The van der Waals surface area contributed by atoms with Gasteiger partial charge in [-0.2, -0.15) is 0 Å². The summed E-state index contributed by atoms with van der Waals surface area (Å²) >= 11 is 0. The molecule has 154 valence electrons. The van der Waals surface area contributed by atoms with E-state index in [1.54, 1.807) is 0 Å². The van der Waals surface area contributed by atoms with E-state index in [1.165, 1.54) is 6.92 Å². The van der Waals surface area contributed by atoms with Gasteiger partial charge in [-0.15, -0.1) is 0 Å². The van der Waals surface area contributed by atoms with Gasteiger partial charge in [-0.25, -0.2) is 4.79 Å². The number of aromatic nitrogens is 1. The van der Waals surface area contributed by atoms with Gasteiger partial charge in [0.05, 0.1) is 12.3 Å². The molecular weight excluding hydrogens is 378 g/mol. The zero-order valence-corrected chi connectivity index (χ0v) is 17.1. The first kappa shape index (κ1) is 21.3. The number of carboxylic acids is 1. The molecule has 30 heavy (non-hydrogen) atoms. The lowest BCUT2D eigenvalue weighted by atomic mass is 10.1. The topological polar surface area (TPSA) is 68.5 Å². The van der Waals surface area contributed by atoms with Crippen molar-refractivity contribution in [3.8, 4) is 0 Å². The molecule has 1 aromatic heterocycles. The van der Waals surface area contributed by atoms with E-state index < -0.39 is 12.1 Å². The van der Waals surface area contributed by atoms with Crippen LogP contribution in [0.2, 0.25) is 0 Å². The smallest absolute Gasteiger partial charge is 0.332 e. The molecule has 1 heterocycles. The van der Waals surface area contributed by atoms with Crippen molar-refractivity contribution in [2.75, 3.05) is 0 Å². The molecule has 5 nitrogen and oxygen atoms in total. The number of ether oxygens (including phenoxy) is 1. The van der Waals surface area contributed by atoms with Crippen molar-refractivity contribution in [1.82, 2.24) is 4.57 Å². The zero-order valence-electron chi connectivity index (χ0n) is 17.1. The first-order chi connectivity index (χ1) is 14.4. The minimum atomic E-state index is -0.978. The number of hydrogen-bond donors (Lipinski definition) is 1. The third-order valence-corrected chi connectivity index (χ3v) is 4.79. The summed E-state index contributed by atoms with van der Waals surface area (Å²) in [6, 6.07) is 19.0. The Balaban J connectivity index is 1.64. The Kier molecular flexibility index (Phi) is 6.99. The van der Waals surface area contributed by atoms with Crippen molar-refractivity contribution in [1.29, 1.82) is 0 Å². The van der Waals surface area contributed by atoms with Gasteiger partial charge < -0.3 is 14.4 Å². The molecule has 2 aromatic carbocycles. The van der Waals surface area contributed by atoms with Gasteiger partial charge in [0.2, 0.25) is 5.78 Å². The highest BCUT2D eigenvalue weighted by atomic mass is 16.5. The van der Waals surface area contributed by atoms with Gasteiger partial charge in [-0.1, -0.05) is 60.2 Å². The van der Waals surface area contributed by atoms with E-state index in [4.69, 9.17) is 9.84 Å². The van der Waals surface area contributed by atoms with E-state index >= 15 is 0 Å². The number of benzene rings is 2. The Bertz CT molecular complexity index is 1050. The second kappa shape index (κ2) is 9.85. The van der Waals surface area contributed by atoms with Crippen LogP contribution in [0.15, 0.2) is 72.9 Å². The number of allylic oxidation sites excluding steroid dienone is 1. The Hall–Kier alpha value is -3.44. The van der Waals surface area contributed by atoms with Crippen LogP contribution in [0.3, 0.4) is 0 Å². The van der Waals surface area contributed by atoms with Crippen molar-refractivity contribution >= 4 is 17.8 Å². The van der Waals surface area contributed by atoms with Crippen LogP contribution in [0.4, 0.5) is 0 Å². The van der Waals surface area contributed by atoms with Gasteiger partial charge in [0, 0.05) is 18.3 Å². The van der Waals surface area contributed by atoms with Crippen LogP contribution in [-0.2, 0) is 22.7 Å². The van der Waals surface area contributed by atoms with E-state index in [0.29, 0.717) is 17.8 Å². The van der Waals surface area contributed by atoms with Gasteiger partial charge in [0.15, 0.2) is 6.10 Å². The molecule has 0 saturated heterocycles. The average molecular weight is 403 g/mol. The predicted molar refractivity (Wildman–Crippen MR) is 116 cm³/mol. The summed E-state index contributed by atoms with van der Waals surface area (Å²) in [7, 11) is 0. The van der Waals surface area contributed by atoms with Crippen LogP contribution < -0.4 is 0 Å². The first-order valence-corrected chi connectivity index (χ1v) is 9.80. The lowest BCUT2D eigenvalue weighted by Crippen LogP contribution is -2.19. The number of rotatable bonds is 9. The number of hydrogen-bond acceptors (Lipinski definition) is 3. The van der Waals surface area contributed by atoms with Crippen molar-refractivity contribution in [3.05, 3.63) is 101 Å². The largest absolute Gasteiger partial charge is 0.479 e. The van der Waals surface area contributed by atoms with Crippen molar-refractivity contribution in [2.24, 2.45) is 0 Å². The van der Waals surface area contributed by atoms with Crippen molar-refractivity contribution in [3.63, 3.8) is 0 Å². The fraction of sp³-hybridized carbons (Fsp3) is 0.200. The van der Waals surface area contributed by atoms with Crippen molar-refractivity contribution in [2.45, 2.75) is 33.1 Å². The van der Waals surface area contributed by atoms with Gasteiger partial charge in [-0.3, -0.25) is 4.79 Å². The maximum atomic E-state index is 12.8. The molecule has 0 saturated carbocycles. The van der Waals surface area contributed by atoms with Crippen LogP contribution in [-0.4, -0.2) is 27.5 Å². The van der Waals surface area contributed by atoms with Gasteiger partial charge in [-0.05, 0) is 43.2 Å². The average Bonchev–Trinajstić information content (AvgIpc) is 3.21. The molecule has 0 spiro atoms. The number of carbonyl (C=O) groups is 2. The summed E-state index contributed by atoms with van der Waals surface area (Å²) in [5.41, 5.74) is 4.33. The number of aliphatic carboxylic acids is 1. The fourth-order valence-corrected chi connectivity index (χ4v) is 3.01. The first-order valence-electron chi connectivity index (χ1n) is 9.80. The molecule has 0 bridgehead atoms. The van der Waals surface area contributed by atoms with Crippen molar-refractivity contribution < 1.29 is 19.4 Å². The van der Waals surface area contributed by atoms with Gasteiger partial charge in [0.25, 0.3) is 0 Å². The van der Waals surface area contributed by atoms with Gasteiger partial charge in [0.1, 0.15) is 0 Å². The normalized spacial score (nSPS) is 12.2. The summed E-state index contributed by atoms with van der Waals surface area (Å²) in [6.45, 7) is 4.31. The van der Waals surface area contributed by atoms with Crippen LogP contribution in [0, 0.1) is 6.92 Å². The molecular formula is C25H25NO4. The third kappa shape index (κ3) is 5.55. The second-order valence-corrected chi connectivity index (χ2v) is 7.18. The molecule has 0 fully saturated rings. The summed E-state index contributed by atoms with van der Waals surface area (Å²) in [6.07, 6.45) is 5.02. The Labute approximate surface area is 176 Å². The minimum absolute atomic E-state index is 0.0000893. The lowest BCUT2D eigenvalue weighted by Gasteiger charge is -2.09. The van der Waals surface area contributed by atoms with E-state index in [2.05, 4.69) is 0 Å². The summed E-state index contributed by atoms with van der Waals surface area (Å²) in [5.74, 6) is -0.978. The minimum Gasteiger partial charge on any atom is -0.479 e. The van der Waals surface area contributed by atoms with E-state index in [-0.39, 0.29) is 12.4 Å². The predicted octanol–water partition coefficient (Wildman–Crippen LogP) is 4.73. The van der Waals surface area contributed by atoms with Crippen LogP contribution in [0.5, 0.6) is 0 Å². The molecule has 0 aliphatic carbocycles. The van der Waals surface area contributed by atoms with Gasteiger partial charge >= 0.3 is 5.97 Å². The molecule has 3 aromatic rings. The molecule has 1 N–H and O–H groups in total. The Morgan fingerprint density at radius 2 is 1.87 bits per heavy atom. The van der Waals surface area contributed by atoms with Crippen LogP contribution in [0.25, 0.3) is 6.08 Å². The molecule has 0 aliphatic rings. The standard InChI is InChI=1S/C25H25NO4/c1-18-10-12-22(13-11-18)24(27)23-9-5-15-26(23)14-4-8-20-6-3-7-21(16-20)17-30-19(2)25(28)29/h3-13,15-16,19H,14,17H2,1-2H3,(H,28,29)/b8-4+/t19-/m0/s1. The molecule has 1 atom stereocenters. The van der Waals surface area contributed by atoms with Crippen LogP contribution >= 0.6 is 0 Å². The maximum Gasteiger partial charge on any atom is 0.332 e. The highest BCUT2D eigenvalue weighted by molar-refractivity contribution is 6.08. The number of carboxylic acid groups (broad SMARTS) is 1. The Morgan fingerprint density at radius 3 is 2.60 bits per heavy atom.